The smallest absolute Gasteiger partial charge is 0.318 e. The van der Waals surface area contributed by atoms with Gasteiger partial charge in [0.05, 0.1) is 12.8 Å². The van der Waals surface area contributed by atoms with Gasteiger partial charge >= 0.3 is 6.03 Å². The average molecular weight is 328 g/mol. The second-order valence-corrected chi connectivity index (χ2v) is 6.33. The number of rotatable bonds is 6. The molecule has 2 amide bonds. The normalized spacial score (nSPS) is 16.0. The molecular formula is C19H24N2O3. The molecule has 1 saturated carbocycles. The van der Waals surface area contributed by atoms with Crippen LogP contribution in [0.3, 0.4) is 0 Å². The third-order valence-electron chi connectivity index (χ3n) is 4.45. The lowest BCUT2D eigenvalue weighted by molar-refractivity contribution is 0.100. The van der Waals surface area contributed by atoms with E-state index in [0.29, 0.717) is 12.3 Å². The van der Waals surface area contributed by atoms with Gasteiger partial charge in [-0.2, -0.15) is 0 Å². The van der Waals surface area contributed by atoms with Crippen molar-refractivity contribution in [3.63, 3.8) is 0 Å². The van der Waals surface area contributed by atoms with Crippen LogP contribution in [0.4, 0.5) is 4.79 Å². The number of aliphatic hydroxyl groups excluding tert-OH is 1. The molecule has 5 nitrogen and oxygen atoms in total. The highest BCUT2D eigenvalue weighted by Gasteiger charge is 2.24. The molecule has 2 N–H and O–H groups in total. The summed E-state index contributed by atoms with van der Waals surface area (Å²) in [6.45, 7) is 0.651. The maximum Gasteiger partial charge on any atom is 0.318 e. The minimum absolute atomic E-state index is 0.128. The number of carbonyl (C=O) groups is 1. The zero-order valence-corrected chi connectivity index (χ0v) is 13.7. The van der Waals surface area contributed by atoms with E-state index in [4.69, 9.17) is 4.42 Å². The molecule has 128 valence electrons. The number of hydrogen-bond acceptors (Lipinski definition) is 3. The van der Waals surface area contributed by atoms with Crippen LogP contribution in [0.25, 0.3) is 0 Å². The minimum Gasteiger partial charge on any atom is -0.467 e. The number of furan rings is 1. The van der Waals surface area contributed by atoms with E-state index in [1.807, 2.05) is 30.3 Å². The Morgan fingerprint density at radius 1 is 1.21 bits per heavy atom. The Labute approximate surface area is 142 Å². The van der Waals surface area contributed by atoms with Gasteiger partial charge in [0, 0.05) is 12.6 Å². The molecule has 1 aromatic carbocycles. The van der Waals surface area contributed by atoms with Crippen LogP contribution >= 0.6 is 0 Å². The summed E-state index contributed by atoms with van der Waals surface area (Å²) in [6.07, 6.45) is 5.09. The molecule has 24 heavy (non-hydrogen) atoms. The summed E-state index contributed by atoms with van der Waals surface area (Å²) in [5, 5.41) is 13.4. The predicted octanol–water partition coefficient (Wildman–Crippen LogP) is 3.47. The lowest BCUT2D eigenvalue weighted by atomic mass is 10.2. The van der Waals surface area contributed by atoms with E-state index in [0.717, 1.165) is 18.4 Å². The summed E-state index contributed by atoms with van der Waals surface area (Å²) in [4.78, 5) is 14.3. The molecule has 0 aliphatic heterocycles. The molecule has 1 heterocycles. The highest BCUT2D eigenvalue weighted by molar-refractivity contribution is 5.74. The molecule has 1 aliphatic rings. The fourth-order valence-corrected chi connectivity index (χ4v) is 3.14. The van der Waals surface area contributed by atoms with E-state index < -0.39 is 6.10 Å². The van der Waals surface area contributed by atoms with E-state index in [1.54, 1.807) is 17.0 Å². The van der Waals surface area contributed by atoms with Crippen LogP contribution < -0.4 is 5.32 Å². The van der Waals surface area contributed by atoms with E-state index in [2.05, 4.69) is 5.32 Å². The maximum absolute atomic E-state index is 12.7. The molecule has 2 aromatic rings. The van der Waals surface area contributed by atoms with Crippen molar-refractivity contribution in [2.75, 3.05) is 6.54 Å². The fraction of sp³-hybridized carbons (Fsp3) is 0.421. The lowest BCUT2D eigenvalue weighted by Gasteiger charge is -2.27. The van der Waals surface area contributed by atoms with Crippen molar-refractivity contribution in [2.45, 2.75) is 44.4 Å². The van der Waals surface area contributed by atoms with Crippen molar-refractivity contribution >= 4 is 6.03 Å². The van der Waals surface area contributed by atoms with Gasteiger partial charge in [-0.3, -0.25) is 0 Å². The van der Waals surface area contributed by atoms with E-state index >= 15 is 0 Å². The van der Waals surface area contributed by atoms with Gasteiger partial charge in [-0.05, 0) is 30.5 Å². The molecule has 0 bridgehead atoms. The van der Waals surface area contributed by atoms with Crippen molar-refractivity contribution in [3.8, 4) is 0 Å². The van der Waals surface area contributed by atoms with Crippen molar-refractivity contribution in [1.82, 2.24) is 10.2 Å². The van der Waals surface area contributed by atoms with Gasteiger partial charge in [-0.1, -0.05) is 43.2 Å². The molecule has 1 atom stereocenters. The third-order valence-corrected chi connectivity index (χ3v) is 4.45. The first-order chi connectivity index (χ1) is 11.7. The number of benzene rings is 1. The molecule has 5 heteroatoms. The molecule has 1 aliphatic carbocycles. The summed E-state index contributed by atoms with van der Waals surface area (Å²) in [5.74, 6) is 0.474. The van der Waals surface area contributed by atoms with Gasteiger partial charge in [0.25, 0.3) is 0 Å². The summed E-state index contributed by atoms with van der Waals surface area (Å²) in [7, 11) is 0. The van der Waals surface area contributed by atoms with Gasteiger partial charge < -0.3 is 19.7 Å². The second-order valence-electron chi connectivity index (χ2n) is 6.33. The van der Waals surface area contributed by atoms with Gasteiger partial charge in [-0.15, -0.1) is 0 Å². The molecule has 0 spiro atoms. The largest absolute Gasteiger partial charge is 0.467 e. The summed E-state index contributed by atoms with van der Waals surface area (Å²) in [5.41, 5.74) is 1.03. The monoisotopic (exact) mass is 328 g/mol. The van der Waals surface area contributed by atoms with Gasteiger partial charge in [0.1, 0.15) is 11.9 Å². The zero-order valence-electron chi connectivity index (χ0n) is 13.7. The number of carbonyl (C=O) groups excluding carboxylic acids is 1. The molecule has 1 aromatic heterocycles. The van der Waals surface area contributed by atoms with Crippen LogP contribution in [-0.2, 0) is 6.54 Å². The minimum atomic E-state index is -0.835. The van der Waals surface area contributed by atoms with E-state index in [1.165, 1.54) is 19.1 Å². The second kappa shape index (κ2) is 8.02. The van der Waals surface area contributed by atoms with Crippen molar-refractivity contribution in [3.05, 3.63) is 60.1 Å². The number of hydrogen-bond donors (Lipinski definition) is 2. The van der Waals surface area contributed by atoms with Crippen LogP contribution in [-0.4, -0.2) is 28.6 Å². The standard InChI is InChI=1S/C19H24N2O3/c22-17(18-11-6-12-24-18)14-21(13-15-7-2-1-3-8-15)19(23)20-16-9-4-5-10-16/h1-3,6-8,11-12,16-17,22H,4-5,9-10,13-14H2,(H,20,23)/t17-/m1/s1. The Balaban J connectivity index is 1.68. The molecule has 0 unspecified atom stereocenters. The Morgan fingerprint density at radius 2 is 1.96 bits per heavy atom. The number of nitrogens with zero attached hydrogens (tertiary/aromatic N) is 1. The zero-order chi connectivity index (χ0) is 16.8. The predicted molar refractivity (Wildman–Crippen MR) is 91.3 cm³/mol. The fourth-order valence-electron chi connectivity index (χ4n) is 3.14. The Hall–Kier alpha value is -2.27. The first kappa shape index (κ1) is 16.6. The first-order valence-corrected chi connectivity index (χ1v) is 8.53. The summed E-state index contributed by atoms with van der Waals surface area (Å²) >= 11 is 0. The highest BCUT2D eigenvalue weighted by Crippen LogP contribution is 2.20. The maximum atomic E-state index is 12.7. The Bertz CT molecular complexity index is 621. The van der Waals surface area contributed by atoms with Crippen molar-refractivity contribution < 1.29 is 14.3 Å². The highest BCUT2D eigenvalue weighted by atomic mass is 16.4. The van der Waals surface area contributed by atoms with Gasteiger partial charge in [-0.25, -0.2) is 4.79 Å². The van der Waals surface area contributed by atoms with Crippen LogP contribution in [0.1, 0.15) is 43.1 Å². The lowest BCUT2D eigenvalue weighted by Crippen LogP contribution is -2.45. The van der Waals surface area contributed by atoms with Crippen molar-refractivity contribution in [2.24, 2.45) is 0 Å². The van der Waals surface area contributed by atoms with Crippen LogP contribution in [0.5, 0.6) is 0 Å². The average Bonchev–Trinajstić information content (AvgIpc) is 3.29. The van der Waals surface area contributed by atoms with Crippen molar-refractivity contribution in [1.29, 1.82) is 0 Å². The third kappa shape index (κ3) is 4.38. The number of aliphatic hydroxyl groups is 1. The topological polar surface area (TPSA) is 65.7 Å². The molecule has 0 radical (unpaired) electrons. The summed E-state index contributed by atoms with van der Waals surface area (Å²) < 4.78 is 5.25. The first-order valence-electron chi connectivity index (χ1n) is 8.53. The molecule has 0 saturated heterocycles. The van der Waals surface area contributed by atoms with Crippen LogP contribution in [0.15, 0.2) is 53.1 Å². The van der Waals surface area contributed by atoms with E-state index in [9.17, 15) is 9.90 Å². The summed E-state index contributed by atoms with van der Waals surface area (Å²) in [6, 6.07) is 13.4. The number of amides is 2. The quantitative estimate of drug-likeness (QED) is 0.853. The van der Waals surface area contributed by atoms with Crippen LogP contribution in [0.2, 0.25) is 0 Å². The molecule has 3 rings (SSSR count). The Kier molecular flexibility index (Phi) is 5.54. The number of urea groups is 1. The van der Waals surface area contributed by atoms with Gasteiger partial charge in [0.2, 0.25) is 0 Å². The van der Waals surface area contributed by atoms with Crippen LogP contribution in [0, 0.1) is 0 Å². The van der Waals surface area contributed by atoms with Gasteiger partial charge in [0.15, 0.2) is 0 Å². The number of nitrogens with one attached hydrogen (secondary N) is 1. The molecule has 1 fully saturated rings. The molecular weight excluding hydrogens is 304 g/mol. The SMILES string of the molecule is O=C(NC1CCCC1)N(Cc1ccccc1)C[C@@H](O)c1ccco1. The van der Waals surface area contributed by atoms with E-state index in [-0.39, 0.29) is 18.6 Å². The Morgan fingerprint density at radius 3 is 2.62 bits per heavy atom.